The van der Waals surface area contributed by atoms with Gasteiger partial charge >= 0.3 is 0 Å². The zero-order chi connectivity index (χ0) is 22.8. The van der Waals surface area contributed by atoms with Crippen molar-refractivity contribution in [3.8, 4) is 5.75 Å². The van der Waals surface area contributed by atoms with Gasteiger partial charge in [0.15, 0.2) is 17.4 Å². The van der Waals surface area contributed by atoms with Crippen LogP contribution in [0.1, 0.15) is 46.9 Å². The fourth-order valence-corrected chi connectivity index (χ4v) is 4.40. The summed E-state index contributed by atoms with van der Waals surface area (Å²) in [5.74, 6) is -0.597. The standard InChI is InChI=1S/C21H28BrN5O2S/c1-11-7-10-14(30-11)17(21(2,3)4)26-19(24)18(23)25-13-9-8-12(22)15(16(13)28)20(29)27(5)6/h7-10,17,28H,1-6H3,(H2,23,25)(H2,24,26)/t17-/m0/s1. The second-order valence-electron chi connectivity index (χ2n) is 8.22. The van der Waals surface area contributed by atoms with Crippen molar-refractivity contribution in [3.05, 3.63) is 44.1 Å². The number of phenolic OH excluding ortho intramolecular Hbond substituents is 1. The van der Waals surface area contributed by atoms with Crippen LogP contribution in [0, 0.1) is 12.3 Å². The molecule has 9 heteroatoms. The number of nitrogens with two attached hydrogens (primary N) is 2. The highest BCUT2D eigenvalue weighted by molar-refractivity contribution is 9.10. The molecule has 2 rings (SSSR count). The highest BCUT2D eigenvalue weighted by Gasteiger charge is 2.28. The maximum absolute atomic E-state index is 12.4. The number of aryl methyl sites for hydroxylation is 1. The fraction of sp³-hybridized carbons (Fsp3) is 0.381. The number of aliphatic imine (C=N–C) groups is 2. The summed E-state index contributed by atoms with van der Waals surface area (Å²) < 4.78 is 0.457. The Balaban J connectivity index is 2.47. The van der Waals surface area contributed by atoms with Crippen LogP contribution in [0.25, 0.3) is 0 Å². The third kappa shape index (κ3) is 5.40. The minimum absolute atomic E-state index is 0.0293. The molecular weight excluding hydrogens is 466 g/mol. The van der Waals surface area contributed by atoms with Crippen molar-refractivity contribution in [1.82, 2.24) is 4.90 Å². The van der Waals surface area contributed by atoms with Crippen molar-refractivity contribution in [3.63, 3.8) is 0 Å². The number of nitrogens with zero attached hydrogens (tertiary/aromatic N) is 3. The molecular formula is C21H28BrN5O2S. The molecule has 1 heterocycles. The van der Waals surface area contributed by atoms with E-state index in [0.29, 0.717) is 4.47 Å². The number of hydrogen-bond acceptors (Lipinski definition) is 5. The first-order valence-electron chi connectivity index (χ1n) is 9.30. The van der Waals surface area contributed by atoms with Crippen molar-refractivity contribution < 1.29 is 9.90 Å². The maximum Gasteiger partial charge on any atom is 0.258 e. The maximum atomic E-state index is 12.4. The van der Waals surface area contributed by atoms with Crippen LogP contribution in [0.2, 0.25) is 0 Å². The van der Waals surface area contributed by atoms with E-state index in [1.54, 1.807) is 37.6 Å². The summed E-state index contributed by atoms with van der Waals surface area (Å²) in [4.78, 5) is 24.9. The number of phenols is 1. The van der Waals surface area contributed by atoms with Crippen molar-refractivity contribution in [1.29, 1.82) is 0 Å². The van der Waals surface area contributed by atoms with Gasteiger partial charge in [-0.25, -0.2) is 4.99 Å². The van der Waals surface area contributed by atoms with E-state index < -0.39 is 0 Å². The lowest BCUT2D eigenvalue weighted by atomic mass is 9.86. The van der Waals surface area contributed by atoms with Gasteiger partial charge in [-0.3, -0.25) is 9.79 Å². The quantitative estimate of drug-likeness (QED) is 0.432. The number of carbonyl (C=O) groups excluding carboxylic acids is 1. The van der Waals surface area contributed by atoms with Crippen molar-refractivity contribution >= 4 is 50.5 Å². The second-order valence-corrected chi connectivity index (χ2v) is 10.4. The Kier molecular flexibility index (Phi) is 7.31. The highest BCUT2D eigenvalue weighted by atomic mass is 79.9. The molecule has 0 bridgehead atoms. The van der Waals surface area contributed by atoms with Crippen LogP contribution >= 0.6 is 27.3 Å². The zero-order valence-corrected chi connectivity index (χ0v) is 20.4. The smallest absolute Gasteiger partial charge is 0.258 e. The largest absolute Gasteiger partial charge is 0.505 e. The lowest BCUT2D eigenvalue weighted by molar-refractivity contribution is 0.0824. The number of carbonyl (C=O) groups is 1. The molecule has 0 aliphatic heterocycles. The van der Waals surface area contributed by atoms with Crippen molar-refractivity contribution in [2.24, 2.45) is 26.9 Å². The number of aromatic hydroxyl groups is 1. The summed E-state index contributed by atoms with van der Waals surface area (Å²) in [6, 6.07) is 7.07. The molecule has 0 aliphatic carbocycles. The van der Waals surface area contributed by atoms with Gasteiger partial charge in [0.05, 0.1) is 11.6 Å². The zero-order valence-electron chi connectivity index (χ0n) is 18.0. The van der Waals surface area contributed by atoms with E-state index in [1.807, 2.05) is 19.1 Å². The summed E-state index contributed by atoms with van der Waals surface area (Å²) >= 11 is 4.95. The van der Waals surface area contributed by atoms with Gasteiger partial charge < -0.3 is 21.5 Å². The molecule has 0 saturated heterocycles. The lowest BCUT2D eigenvalue weighted by Gasteiger charge is -2.27. The summed E-state index contributed by atoms with van der Waals surface area (Å²) in [5.41, 5.74) is 12.3. The Labute approximate surface area is 189 Å². The van der Waals surface area contributed by atoms with Gasteiger partial charge in [-0.05, 0) is 52.5 Å². The Morgan fingerprint density at radius 1 is 1.17 bits per heavy atom. The number of hydrogen-bond donors (Lipinski definition) is 3. The van der Waals surface area contributed by atoms with Gasteiger partial charge in [0.1, 0.15) is 5.69 Å². The minimum atomic E-state index is -0.363. The normalized spacial score (nSPS) is 14.0. The first-order valence-corrected chi connectivity index (χ1v) is 10.9. The Bertz CT molecular complexity index is 1010. The Morgan fingerprint density at radius 3 is 2.30 bits per heavy atom. The fourth-order valence-electron chi connectivity index (χ4n) is 2.75. The number of rotatable bonds is 4. The van der Waals surface area contributed by atoms with E-state index in [1.165, 1.54) is 9.78 Å². The molecule has 2 aromatic rings. The molecule has 0 radical (unpaired) electrons. The van der Waals surface area contributed by atoms with Gasteiger partial charge in [0.2, 0.25) is 0 Å². The average Bonchev–Trinajstić information content (AvgIpc) is 3.06. The molecule has 0 saturated carbocycles. The van der Waals surface area contributed by atoms with E-state index in [9.17, 15) is 9.90 Å². The van der Waals surface area contributed by atoms with Crippen LogP contribution in [0.5, 0.6) is 5.75 Å². The van der Waals surface area contributed by atoms with Crippen LogP contribution in [0.15, 0.2) is 38.7 Å². The van der Waals surface area contributed by atoms with Crippen LogP contribution < -0.4 is 11.5 Å². The molecule has 0 spiro atoms. The van der Waals surface area contributed by atoms with E-state index >= 15 is 0 Å². The molecule has 1 atom stereocenters. The monoisotopic (exact) mass is 493 g/mol. The number of benzene rings is 1. The predicted octanol–water partition coefficient (Wildman–Crippen LogP) is 4.36. The summed E-state index contributed by atoms with van der Waals surface area (Å²) in [6.07, 6.45) is 0. The van der Waals surface area contributed by atoms with Gasteiger partial charge in [0.25, 0.3) is 5.91 Å². The SMILES string of the molecule is Cc1ccc([C@H](N=C(N)C(N)=Nc2ccc(Br)c(C(=O)N(C)C)c2O)C(C)(C)C)s1. The van der Waals surface area contributed by atoms with Crippen LogP contribution in [-0.2, 0) is 0 Å². The van der Waals surface area contributed by atoms with Crippen molar-refractivity contribution in [2.45, 2.75) is 33.7 Å². The third-order valence-electron chi connectivity index (χ3n) is 4.35. The van der Waals surface area contributed by atoms with Gasteiger partial charge in [0, 0.05) is 28.3 Å². The summed E-state index contributed by atoms with van der Waals surface area (Å²) in [6.45, 7) is 8.28. The van der Waals surface area contributed by atoms with Gasteiger partial charge in [-0.1, -0.05) is 20.8 Å². The molecule has 162 valence electrons. The molecule has 0 fully saturated rings. The lowest BCUT2D eigenvalue weighted by Crippen LogP contribution is -2.33. The second kappa shape index (κ2) is 9.18. The predicted molar refractivity (Wildman–Crippen MR) is 128 cm³/mol. The highest BCUT2D eigenvalue weighted by Crippen LogP contribution is 2.40. The molecule has 1 aromatic heterocycles. The number of halogens is 1. The van der Waals surface area contributed by atoms with Crippen LogP contribution in [-0.4, -0.2) is 41.7 Å². The molecule has 1 amide bonds. The Hall–Kier alpha value is -2.39. The third-order valence-corrected chi connectivity index (χ3v) is 6.06. The molecule has 5 N–H and O–H groups in total. The van der Waals surface area contributed by atoms with Crippen LogP contribution in [0.4, 0.5) is 5.69 Å². The first kappa shape index (κ1) is 23.9. The molecule has 7 nitrogen and oxygen atoms in total. The Morgan fingerprint density at radius 2 is 1.80 bits per heavy atom. The number of thiophene rings is 1. The van der Waals surface area contributed by atoms with Gasteiger partial charge in [-0.15, -0.1) is 11.3 Å². The molecule has 0 unspecified atom stereocenters. The van der Waals surface area contributed by atoms with E-state index in [4.69, 9.17) is 11.5 Å². The minimum Gasteiger partial charge on any atom is -0.505 e. The van der Waals surface area contributed by atoms with E-state index in [0.717, 1.165) is 4.88 Å². The first-order chi connectivity index (χ1) is 13.8. The van der Waals surface area contributed by atoms with Gasteiger partial charge in [-0.2, -0.15) is 0 Å². The van der Waals surface area contributed by atoms with E-state index in [-0.39, 0.29) is 46.0 Å². The van der Waals surface area contributed by atoms with E-state index in [2.05, 4.69) is 46.7 Å². The number of amidine groups is 2. The summed E-state index contributed by atoms with van der Waals surface area (Å²) in [7, 11) is 3.20. The van der Waals surface area contributed by atoms with Crippen LogP contribution in [0.3, 0.4) is 0 Å². The topological polar surface area (TPSA) is 117 Å². The molecule has 30 heavy (non-hydrogen) atoms. The van der Waals surface area contributed by atoms with Crippen molar-refractivity contribution in [2.75, 3.05) is 14.1 Å². The summed E-state index contributed by atoms with van der Waals surface area (Å²) in [5, 5.41) is 10.6. The molecule has 0 aliphatic rings. The average molecular weight is 494 g/mol. The molecule has 1 aromatic carbocycles. The number of amides is 1.